The Hall–Kier alpha value is -2.28. The van der Waals surface area contributed by atoms with Crippen molar-refractivity contribution in [1.82, 2.24) is 10.4 Å². The van der Waals surface area contributed by atoms with E-state index in [9.17, 15) is 9.59 Å². The molecule has 4 nitrogen and oxygen atoms in total. The second kappa shape index (κ2) is 6.94. The van der Waals surface area contributed by atoms with Gasteiger partial charge in [0.15, 0.2) is 0 Å². The molecule has 0 bridgehead atoms. The second-order valence-corrected chi connectivity index (χ2v) is 6.04. The van der Waals surface area contributed by atoms with E-state index in [2.05, 4.69) is 17.3 Å². The Morgan fingerprint density at radius 3 is 2.19 bits per heavy atom. The van der Waals surface area contributed by atoms with E-state index in [4.69, 9.17) is 0 Å². The van der Waals surface area contributed by atoms with E-state index in [1.54, 1.807) is 24.3 Å². The molecule has 1 N–H and O–H groups in total. The highest BCUT2D eigenvalue weighted by molar-refractivity contribution is 5.99. The van der Waals surface area contributed by atoms with Crippen molar-refractivity contribution in [1.29, 1.82) is 0 Å². The number of nitrogens with zero attached hydrogens (tertiary/aromatic N) is 1. The number of rotatable bonds is 1. The Morgan fingerprint density at radius 2 is 1.71 bits per heavy atom. The minimum atomic E-state index is -0.553. The predicted octanol–water partition coefficient (Wildman–Crippen LogP) is 2.62. The Morgan fingerprint density at radius 1 is 1.14 bits per heavy atom. The number of nitrogens with one attached hydrogen (secondary N) is 1. The predicted molar refractivity (Wildman–Crippen MR) is 83.1 cm³/mol. The first-order valence-electron chi connectivity index (χ1n) is 6.93. The van der Waals surface area contributed by atoms with Crippen molar-refractivity contribution in [2.75, 3.05) is 0 Å². The molecule has 0 radical (unpaired) electrons. The first-order chi connectivity index (χ1) is 9.71. The van der Waals surface area contributed by atoms with Gasteiger partial charge in [0.2, 0.25) is 0 Å². The lowest BCUT2D eigenvalue weighted by Gasteiger charge is -2.34. The van der Waals surface area contributed by atoms with Crippen LogP contribution in [0, 0.1) is 17.8 Å². The fourth-order valence-electron chi connectivity index (χ4n) is 1.57. The summed E-state index contributed by atoms with van der Waals surface area (Å²) in [6.45, 7) is 9.35. The Bertz CT molecular complexity index is 560. The van der Waals surface area contributed by atoms with Gasteiger partial charge in [-0.2, -0.15) is 0 Å². The molecule has 0 heterocycles. The molecule has 112 valence electrons. The van der Waals surface area contributed by atoms with Gasteiger partial charge < -0.3 is 0 Å². The van der Waals surface area contributed by atoms with Crippen molar-refractivity contribution in [3.8, 4) is 11.8 Å². The maximum atomic E-state index is 12.5. The summed E-state index contributed by atoms with van der Waals surface area (Å²) in [5.74, 6) is 4.63. The molecule has 21 heavy (non-hydrogen) atoms. The summed E-state index contributed by atoms with van der Waals surface area (Å²) >= 11 is 0. The van der Waals surface area contributed by atoms with Gasteiger partial charge >= 0.3 is 5.91 Å². The molecule has 0 aliphatic rings. The van der Waals surface area contributed by atoms with Gasteiger partial charge in [-0.05, 0) is 38.8 Å². The van der Waals surface area contributed by atoms with Gasteiger partial charge in [-0.1, -0.05) is 38.0 Å². The van der Waals surface area contributed by atoms with E-state index >= 15 is 0 Å². The number of carbonyl (C=O) groups is 2. The molecule has 0 unspecified atom stereocenters. The average Bonchev–Trinajstić information content (AvgIpc) is 2.41. The molecule has 0 aliphatic heterocycles. The summed E-state index contributed by atoms with van der Waals surface area (Å²) < 4.78 is 0. The molecule has 0 atom stereocenters. The van der Waals surface area contributed by atoms with E-state index < -0.39 is 11.4 Å². The molecule has 0 aliphatic carbocycles. The highest BCUT2D eigenvalue weighted by atomic mass is 16.2. The lowest BCUT2D eigenvalue weighted by molar-refractivity contribution is -0.121. The molecular weight excluding hydrogens is 264 g/mol. The summed E-state index contributed by atoms with van der Waals surface area (Å²) in [6.07, 6.45) is 0. The number of benzene rings is 1. The molecule has 1 aromatic carbocycles. The van der Waals surface area contributed by atoms with Crippen LogP contribution in [0.1, 0.15) is 45.0 Å². The summed E-state index contributed by atoms with van der Waals surface area (Å²) in [4.78, 5) is 24.4. The van der Waals surface area contributed by atoms with Crippen LogP contribution in [-0.2, 0) is 4.79 Å². The van der Waals surface area contributed by atoms with Gasteiger partial charge in [0.1, 0.15) is 0 Å². The lowest BCUT2D eigenvalue weighted by Crippen LogP contribution is -2.55. The Balaban J connectivity index is 2.96. The van der Waals surface area contributed by atoms with E-state index in [0.717, 1.165) is 0 Å². The molecule has 1 aromatic rings. The van der Waals surface area contributed by atoms with Gasteiger partial charge in [-0.15, -0.1) is 0 Å². The van der Waals surface area contributed by atoms with Crippen LogP contribution < -0.4 is 5.43 Å². The van der Waals surface area contributed by atoms with Crippen molar-refractivity contribution in [2.24, 2.45) is 5.92 Å². The molecular formula is C17H22N2O2. The molecule has 2 amide bonds. The largest absolute Gasteiger partial charge is 0.314 e. The van der Waals surface area contributed by atoms with E-state index in [1.165, 1.54) is 5.01 Å². The van der Waals surface area contributed by atoms with E-state index in [-0.39, 0.29) is 11.8 Å². The Labute approximate surface area is 126 Å². The molecule has 0 spiro atoms. The summed E-state index contributed by atoms with van der Waals surface area (Å²) in [6, 6.07) is 8.84. The van der Waals surface area contributed by atoms with E-state index in [0.29, 0.717) is 5.56 Å². The SMILES string of the molecule is CC(C)C#CC(=O)NN(C(=O)c1ccccc1)C(C)(C)C. The van der Waals surface area contributed by atoms with Crippen molar-refractivity contribution < 1.29 is 9.59 Å². The molecule has 0 aromatic heterocycles. The third-order valence-corrected chi connectivity index (χ3v) is 2.58. The Kier molecular flexibility index (Phi) is 5.54. The highest BCUT2D eigenvalue weighted by Gasteiger charge is 2.28. The van der Waals surface area contributed by atoms with Crippen LogP contribution in [0.25, 0.3) is 0 Å². The normalized spacial score (nSPS) is 10.6. The first-order valence-corrected chi connectivity index (χ1v) is 6.93. The van der Waals surface area contributed by atoms with Gasteiger partial charge in [-0.3, -0.25) is 15.0 Å². The van der Waals surface area contributed by atoms with Crippen molar-refractivity contribution in [2.45, 2.75) is 40.2 Å². The van der Waals surface area contributed by atoms with Crippen LogP contribution in [0.4, 0.5) is 0 Å². The van der Waals surface area contributed by atoms with Crippen LogP contribution in [0.15, 0.2) is 30.3 Å². The molecule has 0 saturated heterocycles. The van der Waals surface area contributed by atoms with Gasteiger partial charge in [0.25, 0.3) is 5.91 Å². The number of amides is 2. The third-order valence-electron chi connectivity index (χ3n) is 2.58. The zero-order valence-electron chi connectivity index (χ0n) is 13.2. The first kappa shape index (κ1) is 16.8. The molecule has 1 rings (SSSR count). The minimum Gasteiger partial charge on any atom is -0.267 e. The molecule has 0 fully saturated rings. The number of hydrogen-bond donors (Lipinski definition) is 1. The van der Waals surface area contributed by atoms with Crippen LogP contribution in [-0.4, -0.2) is 22.4 Å². The average molecular weight is 286 g/mol. The zero-order valence-corrected chi connectivity index (χ0v) is 13.2. The zero-order chi connectivity index (χ0) is 16.0. The maximum absolute atomic E-state index is 12.5. The molecule has 4 heteroatoms. The van der Waals surface area contributed by atoms with Crippen molar-refractivity contribution in [3.63, 3.8) is 0 Å². The van der Waals surface area contributed by atoms with Crippen LogP contribution >= 0.6 is 0 Å². The van der Waals surface area contributed by atoms with Crippen LogP contribution in [0.5, 0.6) is 0 Å². The summed E-state index contributed by atoms with van der Waals surface area (Å²) in [5.41, 5.74) is 2.55. The second-order valence-electron chi connectivity index (χ2n) is 6.04. The fourth-order valence-corrected chi connectivity index (χ4v) is 1.57. The van der Waals surface area contributed by atoms with Gasteiger partial charge in [-0.25, -0.2) is 5.01 Å². The standard InChI is InChI=1S/C17H22N2O2/c1-13(2)11-12-15(20)18-19(17(3,4)5)16(21)14-9-7-6-8-10-14/h6-10,13H,1-5H3,(H,18,20). The van der Waals surface area contributed by atoms with Crippen LogP contribution in [0.3, 0.4) is 0 Å². The maximum Gasteiger partial charge on any atom is 0.314 e. The van der Waals surface area contributed by atoms with Gasteiger partial charge in [0, 0.05) is 11.5 Å². The van der Waals surface area contributed by atoms with Crippen molar-refractivity contribution >= 4 is 11.8 Å². The third kappa shape index (κ3) is 5.31. The summed E-state index contributed by atoms with van der Waals surface area (Å²) in [5, 5.41) is 1.32. The van der Waals surface area contributed by atoms with Gasteiger partial charge in [0.05, 0.1) is 5.54 Å². The van der Waals surface area contributed by atoms with Crippen molar-refractivity contribution in [3.05, 3.63) is 35.9 Å². The highest BCUT2D eigenvalue weighted by Crippen LogP contribution is 2.14. The lowest BCUT2D eigenvalue weighted by atomic mass is 10.1. The smallest absolute Gasteiger partial charge is 0.267 e. The number of hydrogen-bond acceptors (Lipinski definition) is 2. The number of hydrazine groups is 1. The number of carbonyl (C=O) groups excluding carboxylic acids is 2. The minimum absolute atomic E-state index is 0.101. The quantitative estimate of drug-likeness (QED) is 0.637. The van der Waals surface area contributed by atoms with Crippen LogP contribution in [0.2, 0.25) is 0 Å². The monoisotopic (exact) mass is 286 g/mol. The fraction of sp³-hybridized carbons (Fsp3) is 0.412. The summed E-state index contributed by atoms with van der Waals surface area (Å²) in [7, 11) is 0. The van der Waals surface area contributed by atoms with E-state index in [1.807, 2.05) is 40.7 Å². The molecule has 0 saturated carbocycles. The topological polar surface area (TPSA) is 49.4 Å².